The van der Waals surface area contributed by atoms with Gasteiger partial charge in [0.25, 0.3) is 11.6 Å². The second kappa shape index (κ2) is 7.59. The average molecular weight is 396 g/mol. The van der Waals surface area contributed by atoms with Gasteiger partial charge in [-0.1, -0.05) is 6.08 Å². The van der Waals surface area contributed by atoms with E-state index in [2.05, 4.69) is 6.58 Å². The van der Waals surface area contributed by atoms with Gasteiger partial charge in [-0.05, 0) is 0 Å². The molecule has 12 nitrogen and oxygen atoms in total. The van der Waals surface area contributed by atoms with Crippen molar-refractivity contribution in [2.24, 2.45) is 0 Å². The van der Waals surface area contributed by atoms with E-state index in [1.165, 1.54) is 6.08 Å². The third-order valence-corrected chi connectivity index (χ3v) is 4.97. The van der Waals surface area contributed by atoms with Crippen LogP contribution in [-0.2, 0) is 24.0 Å². The summed E-state index contributed by atoms with van der Waals surface area (Å²) in [6.07, 6.45) is -11.6. The number of ether oxygens (including phenoxy) is 3. The van der Waals surface area contributed by atoms with E-state index in [0.717, 1.165) is 0 Å². The lowest BCUT2D eigenvalue weighted by Gasteiger charge is -2.44. The summed E-state index contributed by atoms with van der Waals surface area (Å²) in [5.74, 6) is -4.04. The first-order chi connectivity index (χ1) is 12.8. The minimum absolute atomic E-state index is 0.0770. The fourth-order valence-electron chi connectivity index (χ4n) is 3.34. The third kappa shape index (κ3) is 3.21. The Morgan fingerprint density at radius 2 is 1.52 bits per heavy atom. The van der Waals surface area contributed by atoms with Crippen LogP contribution in [0.4, 0.5) is 0 Å². The highest BCUT2D eigenvalue weighted by molar-refractivity contribution is 5.09. The van der Waals surface area contributed by atoms with Crippen LogP contribution >= 0.6 is 0 Å². The molecule has 0 radical (unpaired) electrons. The van der Waals surface area contributed by atoms with E-state index >= 15 is 0 Å². The Labute approximate surface area is 153 Å². The number of rotatable bonds is 7. The van der Waals surface area contributed by atoms with E-state index in [-0.39, 0.29) is 6.42 Å². The van der Waals surface area contributed by atoms with Crippen molar-refractivity contribution in [3.8, 4) is 0 Å². The Kier molecular flexibility index (Phi) is 5.90. The maximum Gasteiger partial charge on any atom is 0.293 e. The molecule has 9 atom stereocenters. The van der Waals surface area contributed by atoms with Gasteiger partial charge in [0, 0.05) is 6.42 Å². The average Bonchev–Trinajstić information content (AvgIpc) is 3.40. The van der Waals surface area contributed by atoms with Crippen LogP contribution in [0.25, 0.3) is 0 Å². The molecule has 0 aromatic rings. The summed E-state index contributed by atoms with van der Waals surface area (Å²) in [5, 5.41) is 69.4. The Balaban J connectivity index is 1.92. The topological polar surface area (TPSA) is 194 Å². The molecule has 3 fully saturated rings. The first-order valence-corrected chi connectivity index (χ1v) is 8.37. The highest BCUT2D eigenvalue weighted by Crippen LogP contribution is 2.53. The zero-order valence-electron chi connectivity index (χ0n) is 14.2. The zero-order chi connectivity index (χ0) is 20.0. The minimum Gasteiger partial charge on any atom is -0.394 e. The van der Waals surface area contributed by atoms with Gasteiger partial charge in [-0.3, -0.25) is 0 Å². The number of aliphatic hydroxyl groups excluding tert-OH is 7. The quantitative estimate of drug-likeness (QED) is 0.125. The smallest absolute Gasteiger partial charge is 0.293 e. The minimum atomic E-state index is -2.28. The van der Waals surface area contributed by atoms with E-state index in [4.69, 9.17) is 24.0 Å². The van der Waals surface area contributed by atoms with Crippen molar-refractivity contribution in [1.29, 1.82) is 0 Å². The summed E-state index contributed by atoms with van der Waals surface area (Å²) in [4.78, 5) is 9.88. The van der Waals surface area contributed by atoms with Crippen molar-refractivity contribution >= 4 is 0 Å². The maximum absolute atomic E-state index is 10.6. The zero-order valence-corrected chi connectivity index (χ0v) is 14.2. The summed E-state index contributed by atoms with van der Waals surface area (Å²) in [5.41, 5.74) is 0. The van der Waals surface area contributed by atoms with E-state index in [1.54, 1.807) is 0 Å². The van der Waals surface area contributed by atoms with Gasteiger partial charge < -0.3 is 50.0 Å². The van der Waals surface area contributed by atoms with Gasteiger partial charge in [-0.15, -0.1) is 6.58 Å². The van der Waals surface area contributed by atoms with Gasteiger partial charge >= 0.3 is 0 Å². The lowest BCUT2D eigenvalue weighted by molar-refractivity contribution is -0.395. The van der Waals surface area contributed by atoms with E-state index in [1.807, 2.05) is 0 Å². The molecule has 3 heterocycles. The molecule has 0 aliphatic carbocycles. The largest absolute Gasteiger partial charge is 0.394 e. The molecular weight excluding hydrogens is 372 g/mol. The Morgan fingerprint density at radius 3 is 2.00 bits per heavy atom. The molecule has 0 bridgehead atoms. The molecule has 12 heteroatoms. The Morgan fingerprint density at radius 1 is 0.889 bits per heavy atom. The molecule has 0 unspecified atom stereocenters. The monoisotopic (exact) mass is 396 g/mol. The molecular formula is C15H24O12. The molecule has 0 amide bonds. The standard InChI is InChI=1S/C15H24O12/c1-2-3-14(26-27-14)15(12(22)9(19)7(5-17)24-15)25-13-11(21)10(20)8(18)6(4-16)23-13/h2,6-13,16-22H,1,3-5H2/t6-,7-,8-,9-,10+,11-,12+,13-,15-/m1/s1. The number of aliphatic hydroxyl groups is 7. The van der Waals surface area contributed by atoms with Gasteiger partial charge in [0.1, 0.15) is 42.7 Å². The SMILES string of the molecule is C=CCC1([C@@]2(O[C@H]3O[C@H](CO)[C@@H](O)[C@H](O)[C@H]3O)O[C@H](CO)[C@@H](O)[C@@H]2O)OO1. The lowest BCUT2D eigenvalue weighted by atomic mass is 9.94. The normalized spacial score (nSPS) is 49.1. The molecule has 0 aromatic heterocycles. The van der Waals surface area contributed by atoms with Gasteiger partial charge in [0.05, 0.1) is 13.2 Å². The van der Waals surface area contributed by atoms with Gasteiger partial charge in [0.15, 0.2) is 6.29 Å². The molecule has 0 saturated carbocycles. The molecule has 7 N–H and O–H groups in total. The van der Waals surface area contributed by atoms with Crippen molar-refractivity contribution in [2.45, 2.75) is 67.0 Å². The Bertz CT molecular complexity index is 539. The highest BCUT2D eigenvalue weighted by atomic mass is 17.4. The fourth-order valence-corrected chi connectivity index (χ4v) is 3.34. The van der Waals surface area contributed by atoms with Crippen molar-refractivity contribution in [1.82, 2.24) is 0 Å². The summed E-state index contributed by atoms with van der Waals surface area (Å²) < 4.78 is 16.4. The summed E-state index contributed by atoms with van der Waals surface area (Å²) >= 11 is 0. The van der Waals surface area contributed by atoms with Crippen LogP contribution in [0.3, 0.4) is 0 Å². The van der Waals surface area contributed by atoms with Gasteiger partial charge in [-0.25, -0.2) is 0 Å². The predicted molar refractivity (Wildman–Crippen MR) is 81.3 cm³/mol. The van der Waals surface area contributed by atoms with E-state index in [0.29, 0.717) is 0 Å². The van der Waals surface area contributed by atoms with E-state index in [9.17, 15) is 35.7 Å². The maximum atomic E-state index is 10.6. The lowest BCUT2D eigenvalue weighted by Crippen LogP contribution is -2.65. The first-order valence-electron chi connectivity index (χ1n) is 8.37. The molecule has 27 heavy (non-hydrogen) atoms. The summed E-state index contributed by atoms with van der Waals surface area (Å²) in [6.45, 7) is 2.15. The number of hydrogen-bond donors (Lipinski definition) is 7. The molecule has 0 spiro atoms. The second-order valence-electron chi connectivity index (χ2n) is 6.67. The van der Waals surface area contributed by atoms with E-state index < -0.39 is 73.8 Å². The molecule has 3 aliphatic rings. The van der Waals surface area contributed by atoms with Crippen LogP contribution in [0, 0.1) is 0 Å². The molecule has 3 rings (SSSR count). The van der Waals surface area contributed by atoms with Gasteiger partial charge in [-0.2, -0.15) is 9.78 Å². The third-order valence-electron chi connectivity index (χ3n) is 4.97. The molecule has 3 aliphatic heterocycles. The van der Waals surface area contributed by atoms with Crippen molar-refractivity contribution in [3.05, 3.63) is 12.7 Å². The fraction of sp³-hybridized carbons (Fsp3) is 0.867. The Hall–Kier alpha value is -0.740. The predicted octanol–water partition coefficient (Wildman–Crippen LogP) is -4.15. The van der Waals surface area contributed by atoms with Crippen LogP contribution in [-0.4, -0.2) is 110 Å². The molecule has 3 saturated heterocycles. The molecule has 0 aromatic carbocycles. The highest BCUT2D eigenvalue weighted by Gasteiger charge is 2.77. The summed E-state index contributed by atoms with van der Waals surface area (Å²) in [6, 6.07) is 0. The van der Waals surface area contributed by atoms with Crippen molar-refractivity contribution in [2.75, 3.05) is 13.2 Å². The second-order valence-corrected chi connectivity index (χ2v) is 6.67. The van der Waals surface area contributed by atoms with Crippen LogP contribution < -0.4 is 0 Å². The number of hydrogen-bond acceptors (Lipinski definition) is 12. The van der Waals surface area contributed by atoms with Crippen LogP contribution in [0.15, 0.2) is 12.7 Å². The van der Waals surface area contributed by atoms with Crippen LogP contribution in [0.2, 0.25) is 0 Å². The molecule has 156 valence electrons. The van der Waals surface area contributed by atoms with Crippen LogP contribution in [0.5, 0.6) is 0 Å². The van der Waals surface area contributed by atoms with Crippen LogP contribution in [0.1, 0.15) is 6.42 Å². The van der Waals surface area contributed by atoms with Gasteiger partial charge in [0.2, 0.25) is 0 Å². The van der Waals surface area contributed by atoms with Crippen molar-refractivity contribution in [3.63, 3.8) is 0 Å². The first kappa shape index (κ1) is 21.0. The van der Waals surface area contributed by atoms with Crippen molar-refractivity contribution < 1.29 is 59.7 Å². The summed E-state index contributed by atoms with van der Waals surface area (Å²) in [7, 11) is 0.